The summed E-state index contributed by atoms with van der Waals surface area (Å²) in [6, 6.07) is 5.84. The average molecular weight is 337 g/mol. The van der Waals surface area contributed by atoms with Crippen LogP contribution < -0.4 is 10.2 Å². The lowest BCUT2D eigenvalue weighted by molar-refractivity contribution is -0.137. The first-order valence-corrected chi connectivity index (χ1v) is 7.77. The molecule has 1 aliphatic rings. The van der Waals surface area contributed by atoms with Crippen LogP contribution in [-0.2, 0) is 6.18 Å². The van der Waals surface area contributed by atoms with Crippen LogP contribution in [0.3, 0.4) is 0 Å². The van der Waals surface area contributed by atoms with E-state index in [2.05, 4.69) is 25.4 Å². The van der Waals surface area contributed by atoms with E-state index >= 15 is 0 Å². The van der Waals surface area contributed by atoms with Gasteiger partial charge in [-0.25, -0.2) is 4.98 Å². The first-order chi connectivity index (χ1) is 11.4. The molecule has 8 heteroatoms. The molecular formula is C16H18F3N5. The molecule has 0 spiro atoms. The van der Waals surface area contributed by atoms with Crippen molar-refractivity contribution in [3.63, 3.8) is 0 Å². The van der Waals surface area contributed by atoms with E-state index in [1.165, 1.54) is 6.20 Å². The van der Waals surface area contributed by atoms with E-state index < -0.39 is 11.7 Å². The number of pyridine rings is 1. The van der Waals surface area contributed by atoms with Crippen molar-refractivity contribution in [2.45, 2.75) is 32.0 Å². The van der Waals surface area contributed by atoms with Gasteiger partial charge in [-0.15, -0.1) is 5.10 Å². The Morgan fingerprint density at radius 1 is 1.21 bits per heavy atom. The third-order valence-electron chi connectivity index (χ3n) is 3.97. The van der Waals surface area contributed by atoms with E-state index in [4.69, 9.17) is 0 Å². The summed E-state index contributed by atoms with van der Waals surface area (Å²) in [5.74, 6) is 1.02. The third kappa shape index (κ3) is 3.93. The molecule has 3 rings (SSSR count). The fourth-order valence-corrected chi connectivity index (χ4v) is 2.76. The van der Waals surface area contributed by atoms with Crippen molar-refractivity contribution in [1.29, 1.82) is 0 Å². The van der Waals surface area contributed by atoms with Crippen molar-refractivity contribution in [1.82, 2.24) is 15.2 Å². The summed E-state index contributed by atoms with van der Waals surface area (Å²) in [5.41, 5.74) is 0.149. The number of alkyl halides is 3. The average Bonchev–Trinajstić information content (AvgIpc) is 2.55. The molecule has 1 fully saturated rings. The lowest BCUT2D eigenvalue weighted by atomic mass is 10.1. The van der Waals surface area contributed by atoms with Gasteiger partial charge < -0.3 is 10.2 Å². The summed E-state index contributed by atoms with van der Waals surface area (Å²) in [5, 5.41) is 11.3. The lowest BCUT2D eigenvalue weighted by Gasteiger charge is -2.34. The Morgan fingerprint density at radius 3 is 2.75 bits per heavy atom. The Kier molecular flexibility index (Phi) is 4.55. The van der Waals surface area contributed by atoms with Crippen molar-refractivity contribution >= 4 is 11.6 Å². The summed E-state index contributed by atoms with van der Waals surface area (Å²) in [6.45, 7) is 3.37. The minimum atomic E-state index is -4.37. The van der Waals surface area contributed by atoms with E-state index in [0.717, 1.165) is 43.0 Å². The molecule has 0 amide bonds. The van der Waals surface area contributed by atoms with Crippen molar-refractivity contribution in [3.8, 4) is 0 Å². The predicted octanol–water partition coefficient (Wildman–Crippen LogP) is 3.28. The Hall–Kier alpha value is -2.38. The normalized spacial score (nSPS) is 18.5. The molecular weight excluding hydrogens is 319 g/mol. The van der Waals surface area contributed by atoms with Gasteiger partial charge in [-0.2, -0.15) is 18.3 Å². The van der Waals surface area contributed by atoms with Crippen molar-refractivity contribution in [3.05, 3.63) is 41.7 Å². The SMILES string of the molecule is Cc1ccc(N2CCCC(Nc3cc(C(F)(F)F)ccn3)C2)nn1. The predicted molar refractivity (Wildman–Crippen MR) is 84.9 cm³/mol. The highest BCUT2D eigenvalue weighted by molar-refractivity contribution is 5.43. The summed E-state index contributed by atoms with van der Waals surface area (Å²) in [6.07, 6.45) is -1.40. The van der Waals surface area contributed by atoms with E-state index in [1.807, 2.05) is 19.1 Å². The van der Waals surface area contributed by atoms with Gasteiger partial charge in [-0.3, -0.25) is 0 Å². The fourth-order valence-electron chi connectivity index (χ4n) is 2.76. The number of nitrogens with zero attached hydrogens (tertiary/aromatic N) is 4. The number of aromatic nitrogens is 3. The number of halogens is 3. The van der Waals surface area contributed by atoms with Gasteiger partial charge in [0.25, 0.3) is 0 Å². The van der Waals surface area contributed by atoms with E-state index in [-0.39, 0.29) is 11.9 Å². The van der Waals surface area contributed by atoms with Crippen LogP contribution in [-0.4, -0.2) is 34.3 Å². The zero-order chi connectivity index (χ0) is 17.2. The quantitative estimate of drug-likeness (QED) is 0.931. The van der Waals surface area contributed by atoms with Crippen molar-refractivity contribution in [2.24, 2.45) is 0 Å². The molecule has 1 aliphatic heterocycles. The van der Waals surface area contributed by atoms with E-state index in [1.54, 1.807) is 0 Å². The highest BCUT2D eigenvalue weighted by Gasteiger charge is 2.31. The van der Waals surface area contributed by atoms with Gasteiger partial charge in [0.2, 0.25) is 0 Å². The number of anilines is 2. The number of hydrogen-bond acceptors (Lipinski definition) is 5. The molecule has 0 aromatic carbocycles. The number of hydrogen-bond donors (Lipinski definition) is 1. The summed E-state index contributed by atoms with van der Waals surface area (Å²) in [7, 11) is 0. The maximum absolute atomic E-state index is 12.8. The van der Waals surface area contributed by atoms with Gasteiger partial charge in [0.05, 0.1) is 11.3 Å². The maximum atomic E-state index is 12.8. The van der Waals surface area contributed by atoms with Gasteiger partial charge in [-0.1, -0.05) is 0 Å². The Balaban J connectivity index is 1.68. The Bertz CT molecular complexity index is 687. The van der Waals surface area contributed by atoms with Crippen LogP contribution in [0.25, 0.3) is 0 Å². The number of rotatable bonds is 3. The minimum absolute atomic E-state index is 0.0119. The zero-order valence-corrected chi connectivity index (χ0v) is 13.2. The largest absolute Gasteiger partial charge is 0.416 e. The molecule has 5 nitrogen and oxygen atoms in total. The van der Waals surface area contributed by atoms with Crippen LogP contribution in [0.2, 0.25) is 0 Å². The van der Waals surface area contributed by atoms with Crippen LogP contribution in [0.5, 0.6) is 0 Å². The molecule has 128 valence electrons. The van der Waals surface area contributed by atoms with Crippen molar-refractivity contribution in [2.75, 3.05) is 23.3 Å². The Labute approximate surface area is 137 Å². The van der Waals surface area contributed by atoms with Crippen LogP contribution in [0.4, 0.5) is 24.8 Å². The summed E-state index contributed by atoms with van der Waals surface area (Å²) < 4.78 is 38.4. The maximum Gasteiger partial charge on any atom is 0.416 e. The van der Waals surface area contributed by atoms with Crippen molar-refractivity contribution < 1.29 is 13.2 Å². The lowest BCUT2D eigenvalue weighted by Crippen LogP contribution is -2.42. The molecule has 1 N–H and O–H groups in total. The first-order valence-electron chi connectivity index (χ1n) is 7.77. The Morgan fingerprint density at radius 2 is 2.04 bits per heavy atom. The smallest absolute Gasteiger partial charge is 0.366 e. The fraction of sp³-hybridized carbons (Fsp3) is 0.438. The monoisotopic (exact) mass is 337 g/mol. The summed E-state index contributed by atoms with van der Waals surface area (Å²) >= 11 is 0. The zero-order valence-electron chi connectivity index (χ0n) is 13.2. The van der Waals surface area contributed by atoms with Gasteiger partial charge >= 0.3 is 6.18 Å². The second-order valence-electron chi connectivity index (χ2n) is 5.89. The molecule has 1 unspecified atom stereocenters. The van der Waals surface area contributed by atoms with Gasteiger partial charge in [0, 0.05) is 25.3 Å². The first kappa shape index (κ1) is 16.5. The van der Waals surface area contributed by atoms with Gasteiger partial charge in [-0.05, 0) is 44.0 Å². The molecule has 3 heterocycles. The number of aryl methyl sites for hydroxylation is 1. The molecule has 0 bridgehead atoms. The molecule has 0 saturated carbocycles. The molecule has 2 aromatic heterocycles. The summed E-state index contributed by atoms with van der Waals surface area (Å²) in [4.78, 5) is 6.08. The molecule has 0 radical (unpaired) electrons. The topological polar surface area (TPSA) is 53.9 Å². The van der Waals surface area contributed by atoms with Crippen LogP contribution in [0, 0.1) is 6.92 Å². The number of piperidine rings is 1. The standard InChI is InChI=1S/C16H18F3N5/c1-11-4-5-15(23-22-11)24-8-2-3-13(10-24)21-14-9-12(6-7-20-14)16(17,18)19/h4-7,9,13H,2-3,8,10H2,1H3,(H,20,21). The second kappa shape index (κ2) is 6.62. The van der Waals surface area contributed by atoms with E-state index in [0.29, 0.717) is 6.54 Å². The highest BCUT2D eigenvalue weighted by Crippen LogP contribution is 2.30. The molecule has 1 saturated heterocycles. The van der Waals surface area contributed by atoms with Gasteiger partial charge in [0.1, 0.15) is 5.82 Å². The van der Waals surface area contributed by atoms with Crippen LogP contribution in [0.1, 0.15) is 24.1 Å². The van der Waals surface area contributed by atoms with Crippen LogP contribution >= 0.6 is 0 Å². The van der Waals surface area contributed by atoms with E-state index in [9.17, 15) is 13.2 Å². The van der Waals surface area contributed by atoms with Gasteiger partial charge in [0.15, 0.2) is 5.82 Å². The highest BCUT2D eigenvalue weighted by atomic mass is 19.4. The second-order valence-corrected chi connectivity index (χ2v) is 5.89. The third-order valence-corrected chi connectivity index (χ3v) is 3.97. The molecule has 2 aromatic rings. The minimum Gasteiger partial charge on any atom is -0.366 e. The molecule has 1 atom stereocenters. The molecule has 24 heavy (non-hydrogen) atoms. The molecule has 0 aliphatic carbocycles. The van der Waals surface area contributed by atoms with Crippen LogP contribution in [0.15, 0.2) is 30.5 Å². The number of nitrogens with one attached hydrogen (secondary N) is 1.